The Morgan fingerprint density at radius 3 is 2.43 bits per heavy atom. The Labute approximate surface area is 178 Å². The lowest BCUT2D eigenvalue weighted by Crippen LogP contribution is -2.42. The average molecular weight is 411 g/mol. The first-order valence-electron chi connectivity index (χ1n) is 10.4. The highest BCUT2D eigenvalue weighted by molar-refractivity contribution is 5.94. The Kier molecular flexibility index (Phi) is 7.85. The van der Waals surface area contributed by atoms with Crippen molar-refractivity contribution in [1.29, 1.82) is 0 Å². The summed E-state index contributed by atoms with van der Waals surface area (Å²) in [5, 5.41) is 2.96. The van der Waals surface area contributed by atoms with E-state index in [1.807, 2.05) is 48.2 Å². The van der Waals surface area contributed by atoms with E-state index in [2.05, 4.69) is 5.32 Å². The molecule has 160 valence electrons. The maximum Gasteiger partial charge on any atom is 0.251 e. The normalized spacial score (nSPS) is 14.4. The SMILES string of the molecule is COCCC(=O)N1CCC(Oc2ccc(C(=O)NCc3ccccc3C)cc2)CC1. The number of carbonyl (C=O) groups excluding carboxylic acids is 2. The minimum Gasteiger partial charge on any atom is -0.490 e. The number of hydrogen-bond acceptors (Lipinski definition) is 4. The zero-order valence-electron chi connectivity index (χ0n) is 17.7. The fraction of sp³-hybridized carbons (Fsp3) is 0.417. The van der Waals surface area contributed by atoms with Crippen molar-refractivity contribution in [2.24, 2.45) is 0 Å². The maximum atomic E-state index is 12.4. The lowest BCUT2D eigenvalue weighted by atomic mass is 10.1. The number of nitrogens with one attached hydrogen (secondary N) is 1. The summed E-state index contributed by atoms with van der Waals surface area (Å²) in [6.45, 7) is 4.40. The number of rotatable bonds is 8. The Hall–Kier alpha value is -2.86. The number of methoxy groups -OCH3 is 1. The average Bonchev–Trinajstić information content (AvgIpc) is 2.77. The molecule has 6 nitrogen and oxygen atoms in total. The predicted molar refractivity (Wildman–Crippen MR) is 116 cm³/mol. The number of likely N-dealkylation sites (tertiary alicyclic amines) is 1. The van der Waals surface area contributed by atoms with E-state index in [0.29, 0.717) is 38.2 Å². The molecule has 2 aromatic rings. The van der Waals surface area contributed by atoms with Crippen LogP contribution < -0.4 is 10.1 Å². The first-order valence-corrected chi connectivity index (χ1v) is 10.4. The van der Waals surface area contributed by atoms with Crippen LogP contribution in [0.15, 0.2) is 48.5 Å². The van der Waals surface area contributed by atoms with Crippen LogP contribution in [0.4, 0.5) is 0 Å². The van der Waals surface area contributed by atoms with E-state index in [1.165, 1.54) is 0 Å². The van der Waals surface area contributed by atoms with Crippen molar-refractivity contribution < 1.29 is 19.1 Å². The Morgan fingerprint density at radius 1 is 1.07 bits per heavy atom. The number of ether oxygens (including phenoxy) is 2. The predicted octanol–water partition coefficient (Wildman–Crippen LogP) is 3.33. The summed E-state index contributed by atoms with van der Waals surface area (Å²) in [6, 6.07) is 15.2. The molecule has 2 amide bonds. The van der Waals surface area contributed by atoms with Crippen molar-refractivity contribution in [2.75, 3.05) is 26.8 Å². The summed E-state index contributed by atoms with van der Waals surface area (Å²) in [6.07, 6.45) is 2.11. The third-order valence-corrected chi connectivity index (χ3v) is 5.43. The Morgan fingerprint density at radius 2 is 1.77 bits per heavy atom. The number of benzene rings is 2. The molecule has 0 unspecified atom stereocenters. The highest BCUT2D eigenvalue weighted by Crippen LogP contribution is 2.20. The molecule has 30 heavy (non-hydrogen) atoms. The molecule has 6 heteroatoms. The minimum absolute atomic E-state index is 0.0807. The Balaban J connectivity index is 1.45. The van der Waals surface area contributed by atoms with Crippen molar-refractivity contribution in [3.8, 4) is 5.75 Å². The first-order chi connectivity index (χ1) is 14.6. The molecule has 0 saturated carbocycles. The molecule has 1 saturated heterocycles. The summed E-state index contributed by atoms with van der Waals surface area (Å²) in [5.74, 6) is 0.777. The minimum atomic E-state index is -0.104. The highest BCUT2D eigenvalue weighted by atomic mass is 16.5. The van der Waals surface area contributed by atoms with Gasteiger partial charge in [0.1, 0.15) is 11.9 Å². The second-order valence-electron chi connectivity index (χ2n) is 7.57. The second-order valence-corrected chi connectivity index (χ2v) is 7.57. The van der Waals surface area contributed by atoms with E-state index in [4.69, 9.17) is 9.47 Å². The van der Waals surface area contributed by atoms with E-state index >= 15 is 0 Å². The van der Waals surface area contributed by atoms with Gasteiger partial charge in [0, 0.05) is 45.1 Å². The molecule has 0 bridgehead atoms. The van der Waals surface area contributed by atoms with Gasteiger partial charge in [-0.15, -0.1) is 0 Å². The molecule has 0 aliphatic carbocycles. The lowest BCUT2D eigenvalue weighted by molar-refractivity contribution is -0.133. The van der Waals surface area contributed by atoms with Gasteiger partial charge in [-0.1, -0.05) is 24.3 Å². The fourth-order valence-corrected chi connectivity index (χ4v) is 3.53. The molecule has 0 spiro atoms. The third kappa shape index (κ3) is 6.07. The molecule has 1 heterocycles. The fourth-order valence-electron chi connectivity index (χ4n) is 3.53. The molecular weight excluding hydrogens is 380 g/mol. The van der Waals surface area contributed by atoms with Crippen LogP contribution >= 0.6 is 0 Å². The van der Waals surface area contributed by atoms with Gasteiger partial charge in [0.05, 0.1) is 13.0 Å². The van der Waals surface area contributed by atoms with Crippen LogP contribution in [0.25, 0.3) is 0 Å². The molecule has 3 rings (SSSR count). The summed E-state index contributed by atoms with van der Waals surface area (Å²) in [5.41, 5.74) is 2.88. The van der Waals surface area contributed by atoms with Gasteiger partial charge in [0.25, 0.3) is 5.91 Å². The van der Waals surface area contributed by atoms with Gasteiger partial charge in [-0.2, -0.15) is 0 Å². The molecule has 1 N–H and O–H groups in total. The number of piperidine rings is 1. The monoisotopic (exact) mass is 410 g/mol. The summed E-state index contributed by atoms with van der Waals surface area (Å²) >= 11 is 0. The molecule has 1 aliphatic heterocycles. The molecule has 1 fully saturated rings. The summed E-state index contributed by atoms with van der Waals surface area (Å²) in [4.78, 5) is 26.3. The van der Waals surface area contributed by atoms with Crippen molar-refractivity contribution >= 4 is 11.8 Å². The maximum absolute atomic E-state index is 12.4. The van der Waals surface area contributed by atoms with Gasteiger partial charge < -0.3 is 19.7 Å². The van der Waals surface area contributed by atoms with Crippen molar-refractivity contribution in [2.45, 2.75) is 38.8 Å². The number of aryl methyl sites for hydroxylation is 1. The zero-order chi connectivity index (χ0) is 21.3. The highest BCUT2D eigenvalue weighted by Gasteiger charge is 2.23. The number of amides is 2. The standard InChI is InChI=1S/C24H30N2O4/c1-18-5-3-4-6-20(18)17-25-24(28)19-7-9-21(10-8-19)30-22-11-14-26(15-12-22)23(27)13-16-29-2/h3-10,22H,11-17H2,1-2H3,(H,25,28). The van der Waals surface area contributed by atoms with Crippen molar-refractivity contribution in [3.63, 3.8) is 0 Å². The molecular formula is C24H30N2O4. The number of hydrogen-bond donors (Lipinski definition) is 1. The molecule has 0 atom stereocenters. The third-order valence-electron chi connectivity index (χ3n) is 5.43. The van der Waals surface area contributed by atoms with Crippen molar-refractivity contribution in [1.82, 2.24) is 10.2 Å². The quantitative estimate of drug-likeness (QED) is 0.725. The van der Waals surface area contributed by atoms with Crippen molar-refractivity contribution in [3.05, 3.63) is 65.2 Å². The number of carbonyl (C=O) groups is 2. The zero-order valence-corrected chi connectivity index (χ0v) is 17.7. The topological polar surface area (TPSA) is 67.9 Å². The van der Waals surface area contributed by atoms with Crippen LogP contribution in [-0.4, -0.2) is 49.6 Å². The van der Waals surface area contributed by atoms with E-state index in [9.17, 15) is 9.59 Å². The number of nitrogens with zero attached hydrogens (tertiary/aromatic N) is 1. The first kappa shape index (κ1) is 21.8. The van der Waals surface area contributed by atoms with Gasteiger partial charge in [-0.05, 0) is 42.3 Å². The van der Waals surface area contributed by atoms with E-state index in [1.54, 1.807) is 19.2 Å². The molecule has 2 aromatic carbocycles. The van der Waals surface area contributed by atoms with Gasteiger partial charge >= 0.3 is 0 Å². The van der Waals surface area contributed by atoms with Crippen LogP contribution in [0, 0.1) is 6.92 Å². The van der Waals surface area contributed by atoms with E-state index in [0.717, 1.165) is 29.7 Å². The van der Waals surface area contributed by atoms with E-state index < -0.39 is 0 Å². The van der Waals surface area contributed by atoms with Crippen LogP contribution in [0.3, 0.4) is 0 Å². The van der Waals surface area contributed by atoms with Crippen LogP contribution in [0.2, 0.25) is 0 Å². The molecule has 0 radical (unpaired) electrons. The molecule has 1 aliphatic rings. The summed E-state index contributed by atoms with van der Waals surface area (Å²) < 4.78 is 11.0. The van der Waals surface area contributed by atoms with Gasteiger partial charge in [0.15, 0.2) is 0 Å². The van der Waals surface area contributed by atoms with Gasteiger partial charge in [-0.3, -0.25) is 9.59 Å². The molecule has 0 aromatic heterocycles. The van der Waals surface area contributed by atoms with E-state index in [-0.39, 0.29) is 17.9 Å². The Bertz CT molecular complexity index is 843. The smallest absolute Gasteiger partial charge is 0.251 e. The van der Waals surface area contributed by atoms with Gasteiger partial charge in [0.2, 0.25) is 5.91 Å². The van der Waals surface area contributed by atoms with Crippen LogP contribution in [0.5, 0.6) is 5.75 Å². The van der Waals surface area contributed by atoms with Crippen LogP contribution in [-0.2, 0) is 16.1 Å². The largest absolute Gasteiger partial charge is 0.490 e. The second kappa shape index (κ2) is 10.8. The lowest BCUT2D eigenvalue weighted by Gasteiger charge is -2.32. The summed E-state index contributed by atoms with van der Waals surface area (Å²) in [7, 11) is 1.60. The van der Waals surface area contributed by atoms with Gasteiger partial charge in [-0.25, -0.2) is 0 Å². The van der Waals surface area contributed by atoms with Crippen LogP contribution in [0.1, 0.15) is 40.7 Å².